The first-order valence-electron chi connectivity index (χ1n) is 11.8. The summed E-state index contributed by atoms with van der Waals surface area (Å²) in [6.45, 7) is 6.01. The number of halogens is 3. The van der Waals surface area contributed by atoms with Gasteiger partial charge in [-0.25, -0.2) is 13.6 Å². The Morgan fingerprint density at radius 1 is 1.23 bits per heavy atom. The average molecular weight is 509 g/mol. The molecule has 2 heterocycles. The highest BCUT2D eigenvalue weighted by molar-refractivity contribution is 6.32. The lowest BCUT2D eigenvalue weighted by Crippen LogP contribution is -2.41. The largest absolute Gasteiger partial charge is 0.486 e. The Morgan fingerprint density at radius 2 is 1.89 bits per heavy atom. The van der Waals surface area contributed by atoms with Gasteiger partial charge in [-0.15, -0.1) is 0 Å². The lowest BCUT2D eigenvalue weighted by molar-refractivity contribution is -0.0961. The fourth-order valence-electron chi connectivity index (χ4n) is 4.33. The number of alkyl halides is 2. The van der Waals surface area contributed by atoms with Gasteiger partial charge in [-0.2, -0.15) is 0 Å². The molecule has 9 heteroatoms. The smallest absolute Gasteiger partial charge is 0.407 e. The van der Waals surface area contributed by atoms with Crippen molar-refractivity contribution in [3.05, 3.63) is 52.5 Å². The molecule has 190 valence electrons. The number of nitrogens with zero attached hydrogens (tertiary/aromatic N) is 1. The molecule has 2 atom stereocenters. The van der Waals surface area contributed by atoms with Gasteiger partial charge >= 0.3 is 6.09 Å². The Labute approximate surface area is 209 Å². The van der Waals surface area contributed by atoms with Gasteiger partial charge in [0.25, 0.3) is 5.92 Å². The highest BCUT2D eigenvalue weighted by atomic mass is 35.5. The Hall–Kier alpha value is -2.42. The quantitative estimate of drug-likeness (QED) is 0.553. The molecule has 2 aliphatic rings. The number of benzene rings is 2. The molecule has 0 bridgehead atoms. The van der Waals surface area contributed by atoms with E-state index in [2.05, 4.69) is 5.32 Å². The van der Waals surface area contributed by atoms with Gasteiger partial charge in [-0.1, -0.05) is 35.9 Å². The zero-order valence-electron chi connectivity index (χ0n) is 20.1. The highest BCUT2D eigenvalue weighted by Gasteiger charge is 2.36. The summed E-state index contributed by atoms with van der Waals surface area (Å²) in [6, 6.07) is 11.2. The van der Waals surface area contributed by atoms with Crippen molar-refractivity contribution in [2.75, 3.05) is 19.6 Å². The van der Waals surface area contributed by atoms with Crippen molar-refractivity contribution in [3.8, 4) is 16.9 Å². The monoisotopic (exact) mass is 508 g/mol. The van der Waals surface area contributed by atoms with E-state index in [4.69, 9.17) is 21.1 Å². The lowest BCUT2D eigenvalue weighted by Gasteiger charge is -2.35. The standard InChI is InChI=1S/C26H31ClF2N2O4/c1-25(2,3)35-24(33)30-15-20-13-19-12-18(14-21(27)22(19)34-20)16-4-6-17(7-5-16)23(32)31-10-8-26(28,29)9-11-31/h4-7,12,14,20,23,32H,8-11,13,15H2,1-3H3,(H,30,33). The Balaban J connectivity index is 1.39. The van der Waals surface area contributed by atoms with Crippen LogP contribution in [0.5, 0.6) is 5.75 Å². The van der Waals surface area contributed by atoms with E-state index in [9.17, 15) is 18.7 Å². The number of carbonyl (C=O) groups excluding carboxylic acids is 1. The van der Waals surface area contributed by atoms with Crippen molar-refractivity contribution in [2.45, 2.75) is 63.9 Å². The molecule has 2 aliphatic heterocycles. The number of hydrogen-bond donors (Lipinski definition) is 2. The summed E-state index contributed by atoms with van der Waals surface area (Å²) in [5.41, 5.74) is 2.84. The van der Waals surface area contributed by atoms with Gasteiger partial charge in [0.1, 0.15) is 23.7 Å². The third-order valence-electron chi connectivity index (χ3n) is 6.14. The summed E-state index contributed by atoms with van der Waals surface area (Å²) in [7, 11) is 0. The first-order valence-corrected chi connectivity index (χ1v) is 12.1. The molecule has 2 N–H and O–H groups in total. The van der Waals surface area contributed by atoms with Crippen LogP contribution in [0.2, 0.25) is 5.02 Å². The molecule has 1 fully saturated rings. The molecule has 4 rings (SSSR count). The van der Waals surface area contributed by atoms with Crippen LogP contribution in [0, 0.1) is 0 Å². The minimum Gasteiger partial charge on any atom is -0.486 e. The van der Waals surface area contributed by atoms with Crippen LogP contribution in [0.1, 0.15) is 51.0 Å². The predicted molar refractivity (Wildman–Crippen MR) is 130 cm³/mol. The summed E-state index contributed by atoms with van der Waals surface area (Å²) in [6.07, 6.45) is -1.56. The van der Waals surface area contributed by atoms with Gasteiger partial charge < -0.3 is 19.9 Å². The van der Waals surface area contributed by atoms with Crippen LogP contribution < -0.4 is 10.1 Å². The third kappa shape index (κ3) is 6.42. The zero-order valence-corrected chi connectivity index (χ0v) is 20.9. The lowest BCUT2D eigenvalue weighted by atomic mass is 9.99. The van der Waals surface area contributed by atoms with Crippen LogP contribution >= 0.6 is 11.6 Å². The molecule has 0 saturated carbocycles. The topological polar surface area (TPSA) is 71.0 Å². The minimum absolute atomic E-state index is 0.153. The van der Waals surface area contributed by atoms with E-state index in [1.165, 1.54) is 0 Å². The third-order valence-corrected chi connectivity index (χ3v) is 6.42. The normalized spacial score (nSPS) is 20.6. The Bertz CT molecular complexity index is 1060. The number of nitrogens with one attached hydrogen (secondary N) is 1. The molecule has 0 radical (unpaired) electrons. The van der Waals surface area contributed by atoms with Gasteiger partial charge in [0.2, 0.25) is 0 Å². The molecule has 0 spiro atoms. The molecule has 6 nitrogen and oxygen atoms in total. The number of ether oxygens (including phenoxy) is 2. The molecular weight excluding hydrogens is 478 g/mol. The van der Waals surface area contributed by atoms with E-state index >= 15 is 0 Å². The van der Waals surface area contributed by atoms with E-state index < -0.39 is 23.8 Å². The molecule has 2 aromatic rings. The van der Waals surface area contributed by atoms with E-state index in [1.54, 1.807) is 37.8 Å². The van der Waals surface area contributed by atoms with Gasteiger partial charge in [0.05, 0.1) is 11.6 Å². The highest BCUT2D eigenvalue weighted by Crippen LogP contribution is 2.40. The van der Waals surface area contributed by atoms with Crippen molar-refractivity contribution in [1.82, 2.24) is 10.2 Å². The SMILES string of the molecule is CC(C)(C)OC(=O)NCC1Cc2cc(-c3ccc(C(O)N4CCC(F)(F)CC4)cc3)cc(Cl)c2O1. The van der Waals surface area contributed by atoms with E-state index in [0.717, 1.165) is 16.7 Å². The summed E-state index contributed by atoms with van der Waals surface area (Å²) in [5, 5.41) is 13.8. The number of hydrogen-bond acceptors (Lipinski definition) is 5. The van der Waals surface area contributed by atoms with Crippen LogP contribution in [0.15, 0.2) is 36.4 Å². The van der Waals surface area contributed by atoms with Gasteiger partial charge in [0.15, 0.2) is 0 Å². The molecule has 2 unspecified atom stereocenters. The number of amides is 1. The second-order valence-corrected chi connectivity index (χ2v) is 10.6. The fourth-order valence-corrected chi connectivity index (χ4v) is 4.62. The molecule has 35 heavy (non-hydrogen) atoms. The van der Waals surface area contributed by atoms with Gasteiger partial charge in [0, 0.05) is 37.9 Å². The Morgan fingerprint density at radius 3 is 2.51 bits per heavy atom. The van der Waals surface area contributed by atoms with E-state index in [1.807, 2.05) is 24.3 Å². The molecule has 1 saturated heterocycles. The van der Waals surface area contributed by atoms with Gasteiger partial charge in [-0.3, -0.25) is 4.90 Å². The first kappa shape index (κ1) is 25.7. The van der Waals surface area contributed by atoms with E-state index in [0.29, 0.717) is 29.3 Å². The molecular formula is C26H31ClF2N2O4. The van der Waals surface area contributed by atoms with Crippen molar-refractivity contribution in [1.29, 1.82) is 0 Å². The predicted octanol–water partition coefficient (Wildman–Crippen LogP) is 5.56. The number of piperidine rings is 1. The van der Waals surface area contributed by atoms with Crippen molar-refractivity contribution >= 4 is 17.7 Å². The van der Waals surface area contributed by atoms with Gasteiger partial charge in [-0.05, 0) is 49.6 Å². The maximum atomic E-state index is 13.4. The van der Waals surface area contributed by atoms with Crippen LogP contribution in [0.4, 0.5) is 13.6 Å². The molecule has 0 aliphatic carbocycles. The number of likely N-dealkylation sites (tertiary alicyclic amines) is 1. The second-order valence-electron chi connectivity index (χ2n) is 10.2. The second kappa shape index (κ2) is 9.91. The minimum atomic E-state index is -2.65. The number of fused-ring (bicyclic) bond motifs is 1. The fraction of sp³-hybridized carbons (Fsp3) is 0.500. The summed E-state index contributed by atoms with van der Waals surface area (Å²) >= 11 is 6.50. The van der Waals surface area contributed by atoms with Crippen LogP contribution in [0.25, 0.3) is 11.1 Å². The summed E-state index contributed by atoms with van der Waals surface area (Å²) in [5.74, 6) is -2.04. The average Bonchev–Trinajstić information content (AvgIpc) is 3.20. The molecule has 2 aromatic carbocycles. The number of alkyl carbamates (subject to hydrolysis) is 1. The summed E-state index contributed by atoms with van der Waals surface area (Å²) < 4.78 is 38.1. The number of aliphatic hydroxyl groups is 1. The number of carbonyl (C=O) groups is 1. The molecule has 0 aromatic heterocycles. The van der Waals surface area contributed by atoms with Crippen LogP contribution in [-0.4, -0.2) is 53.4 Å². The molecule has 1 amide bonds. The first-order chi connectivity index (χ1) is 16.4. The van der Waals surface area contributed by atoms with Crippen LogP contribution in [-0.2, 0) is 11.2 Å². The number of aliphatic hydroxyl groups excluding tert-OH is 1. The van der Waals surface area contributed by atoms with E-state index in [-0.39, 0.29) is 32.0 Å². The van der Waals surface area contributed by atoms with Crippen molar-refractivity contribution in [3.63, 3.8) is 0 Å². The van der Waals surface area contributed by atoms with Crippen LogP contribution in [0.3, 0.4) is 0 Å². The van der Waals surface area contributed by atoms with Crippen molar-refractivity contribution < 1.29 is 28.2 Å². The maximum absolute atomic E-state index is 13.4. The zero-order chi connectivity index (χ0) is 25.4. The number of rotatable bonds is 5. The van der Waals surface area contributed by atoms with Crippen molar-refractivity contribution in [2.24, 2.45) is 0 Å². The Kier molecular flexibility index (Phi) is 7.27. The summed E-state index contributed by atoms with van der Waals surface area (Å²) in [4.78, 5) is 13.6. The maximum Gasteiger partial charge on any atom is 0.407 e.